The normalized spacial score (nSPS) is 19.1. The Balaban J connectivity index is 2.21. The van der Waals surface area contributed by atoms with Gasteiger partial charge in [0.2, 0.25) is 0 Å². The molecule has 0 aromatic heterocycles. The third kappa shape index (κ3) is 3.90. The van der Waals surface area contributed by atoms with Crippen LogP contribution in [-0.2, 0) is 11.3 Å². The van der Waals surface area contributed by atoms with Crippen LogP contribution in [-0.4, -0.2) is 36.6 Å². The van der Waals surface area contributed by atoms with Gasteiger partial charge in [-0.1, -0.05) is 30.3 Å². The van der Waals surface area contributed by atoms with Gasteiger partial charge in [-0.15, -0.1) is 0 Å². The lowest BCUT2D eigenvalue weighted by molar-refractivity contribution is -0.874. The highest BCUT2D eigenvalue weighted by Gasteiger charge is 2.41. The van der Waals surface area contributed by atoms with E-state index in [1.165, 1.54) is 12.0 Å². The SMILES string of the molecule is NCC[C@@H](CN)C(=O)[N+]1(Cc2ccccc2)CCCCC1. The lowest BCUT2D eigenvalue weighted by Crippen LogP contribution is -2.58. The Morgan fingerprint density at radius 3 is 2.33 bits per heavy atom. The highest BCUT2D eigenvalue weighted by atomic mass is 16.2. The van der Waals surface area contributed by atoms with Gasteiger partial charge in [-0.05, 0) is 32.2 Å². The van der Waals surface area contributed by atoms with Crippen LogP contribution in [0, 0.1) is 5.92 Å². The van der Waals surface area contributed by atoms with Crippen molar-refractivity contribution in [2.45, 2.75) is 32.2 Å². The second kappa shape index (κ2) is 7.69. The van der Waals surface area contributed by atoms with Gasteiger partial charge >= 0.3 is 5.91 Å². The van der Waals surface area contributed by atoms with Crippen LogP contribution in [0.25, 0.3) is 0 Å². The standard InChI is InChI=1S/C17H28N3O/c18-10-9-16(13-19)17(21)20(11-5-2-6-12-20)14-15-7-3-1-4-8-15/h1,3-4,7-8,16H,2,5-6,9-14,18-19H2/q+1/t16-/m0/s1. The van der Waals surface area contributed by atoms with Gasteiger partial charge in [0.15, 0.2) is 0 Å². The maximum Gasteiger partial charge on any atom is 0.318 e. The van der Waals surface area contributed by atoms with E-state index in [0.717, 1.165) is 32.5 Å². The molecule has 4 N–H and O–H groups in total. The molecule has 1 amide bonds. The first-order chi connectivity index (χ1) is 10.2. The van der Waals surface area contributed by atoms with E-state index in [9.17, 15) is 4.79 Å². The second-order valence-electron chi connectivity index (χ2n) is 6.14. The van der Waals surface area contributed by atoms with Gasteiger partial charge in [0.1, 0.15) is 6.54 Å². The van der Waals surface area contributed by atoms with E-state index in [4.69, 9.17) is 11.5 Å². The lowest BCUT2D eigenvalue weighted by atomic mass is 9.97. The van der Waals surface area contributed by atoms with Crippen molar-refractivity contribution in [1.29, 1.82) is 0 Å². The first kappa shape index (κ1) is 16.1. The van der Waals surface area contributed by atoms with Crippen LogP contribution in [0.15, 0.2) is 30.3 Å². The summed E-state index contributed by atoms with van der Waals surface area (Å²) in [5, 5.41) is 0. The van der Waals surface area contributed by atoms with E-state index in [1.807, 2.05) is 18.2 Å². The second-order valence-corrected chi connectivity index (χ2v) is 6.14. The van der Waals surface area contributed by atoms with E-state index >= 15 is 0 Å². The Kier molecular flexibility index (Phi) is 5.91. The molecule has 1 aromatic rings. The summed E-state index contributed by atoms with van der Waals surface area (Å²) in [7, 11) is 0. The van der Waals surface area contributed by atoms with E-state index in [0.29, 0.717) is 29.9 Å². The Bertz CT molecular complexity index is 441. The molecule has 4 nitrogen and oxygen atoms in total. The molecular formula is C17H28N3O+. The summed E-state index contributed by atoms with van der Waals surface area (Å²) in [6.45, 7) is 3.61. The van der Waals surface area contributed by atoms with Gasteiger partial charge in [0, 0.05) is 12.1 Å². The van der Waals surface area contributed by atoms with E-state index in [-0.39, 0.29) is 5.92 Å². The maximum absolute atomic E-state index is 13.1. The molecule has 0 aliphatic carbocycles. The average molecular weight is 290 g/mol. The van der Waals surface area contributed by atoms with Gasteiger partial charge in [-0.25, -0.2) is 4.79 Å². The zero-order chi connectivity index (χ0) is 15.1. The summed E-state index contributed by atoms with van der Waals surface area (Å²) in [6, 6.07) is 10.3. The minimum absolute atomic E-state index is 0.100. The van der Waals surface area contributed by atoms with Crippen LogP contribution in [0.3, 0.4) is 0 Å². The van der Waals surface area contributed by atoms with Crippen molar-refractivity contribution in [3.63, 3.8) is 0 Å². The number of hydrogen-bond donors (Lipinski definition) is 2. The van der Waals surface area contributed by atoms with Crippen molar-refractivity contribution in [2.75, 3.05) is 26.2 Å². The third-order valence-corrected chi connectivity index (χ3v) is 4.62. The number of nitrogens with two attached hydrogens (primary N) is 2. The van der Waals surface area contributed by atoms with E-state index in [2.05, 4.69) is 12.1 Å². The highest BCUT2D eigenvalue weighted by molar-refractivity contribution is 5.72. The fourth-order valence-corrected chi connectivity index (χ4v) is 3.44. The zero-order valence-corrected chi connectivity index (χ0v) is 12.8. The summed E-state index contributed by atoms with van der Waals surface area (Å²) < 4.78 is 0.561. The number of likely N-dealkylation sites (tertiary alicyclic amines) is 1. The Morgan fingerprint density at radius 1 is 1.10 bits per heavy atom. The van der Waals surface area contributed by atoms with Crippen molar-refractivity contribution in [3.8, 4) is 0 Å². The number of carbonyl (C=O) groups is 1. The fourth-order valence-electron chi connectivity index (χ4n) is 3.44. The zero-order valence-electron chi connectivity index (χ0n) is 12.8. The van der Waals surface area contributed by atoms with Crippen LogP contribution < -0.4 is 11.5 Å². The van der Waals surface area contributed by atoms with Crippen molar-refractivity contribution in [1.82, 2.24) is 0 Å². The molecular weight excluding hydrogens is 262 g/mol. The molecule has 1 heterocycles. The number of hydrogen-bond acceptors (Lipinski definition) is 3. The number of carbonyl (C=O) groups excluding carboxylic acids is 1. The van der Waals surface area contributed by atoms with Gasteiger partial charge in [0.25, 0.3) is 0 Å². The molecule has 1 fully saturated rings. The summed E-state index contributed by atoms with van der Waals surface area (Å²) >= 11 is 0. The topological polar surface area (TPSA) is 69.1 Å². The van der Waals surface area contributed by atoms with Crippen LogP contribution in [0.5, 0.6) is 0 Å². The molecule has 4 heteroatoms. The number of amides is 1. The Labute approximate surface area is 127 Å². The van der Waals surface area contributed by atoms with Crippen molar-refractivity contribution >= 4 is 5.91 Å². The molecule has 0 bridgehead atoms. The largest absolute Gasteiger partial charge is 0.330 e. The van der Waals surface area contributed by atoms with Gasteiger partial charge in [0.05, 0.1) is 19.0 Å². The quantitative estimate of drug-likeness (QED) is 0.783. The smallest absolute Gasteiger partial charge is 0.318 e. The molecule has 0 radical (unpaired) electrons. The molecule has 1 aliphatic rings. The number of rotatable bonds is 6. The minimum Gasteiger partial charge on any atom is -0.330 e. The molecule has 116 valence electrons. The van der Waals surface area contributed by atoms with Crippen LogP contribution in [0.4, 0.5) is 0 Å². The monoisotopic (exact) mass is 290 g/mol. The fraction of sp³-hybridized carbons (Fsp3) is 0.588. The van der Waals surface area contributed by atoms with Crippen molar-refractivity contribution in [3.05, 3.63) is 35.9 Å². The number of piperidine rings is 1. The number of quaternary nitrogens is 1. The molecule has 0 saturated carbocycles. The first-order valence-corrected chi connectivity index (χ1v) is 8.06. The first-order valence-electron chi connectivity index (χ1n) is 8.06. The maximum atomic E-state index is 13.1. The highest BCUT2D eigenvalue weighted by Crippen LogP contribution is 2.26. The van der Waals surface area contributed by atoms with Crippen LogP contribution >= 0.6 is 0 Å². The van der Waals surface area contributed by atoms with Gasteiger partial charge < -0.3 is 11.5 Å². The summed E-state index contributed by atoms with van der Waals surface area (Å²) in [6.07, 6.45) is 4.17. The van der Waals surface area contributed by atoms with E-state index < -0.39 is 0 Å². The lowest BCUT2D eigenvalue weighted by Gasteiger charge is -2.41. The molecule has 1 aliphatic heterocycles. The molecule has 0 spiro atoms. The third-order valence-electron chi connectivity index (χ3n) is 4.62. The van der Waals surface area contributed by atoms with Crippen LogP contribution in [0.1, 0.15) is 31.2 Å². The average Bonchev–Trinajstić information content (AvgIpc) is 2.54. The molecule has 1 saturated heterocycles. The van der Waals surface area contributed by atoms with Crippen molar-refractivity contribution in [2.24, 2.45) is 17.4 Å². The van der Waals surface area contributed by atoms with Gasteiger partial charge in [-0.3, -0.25) is 4.48 Å². The molecule has 1 aromatic carbocycles. The number of nitrogens with zero attached hydrogens (tertiary/aromatic N) is 1. The minimum atomic E-state index is -0.100. The van der Waals surface area contributed by atoms with E-state index in [1.54, 1.807) is 0 Å². The summed E-state index contributed by atoms with van der Waals surface area (Å²) in [5.74, 6) is 0.198. The molecule has 21 heavy (non-hydrogen) atoms. The van der Waals surface area contributed by atoms with Crippen LogP contribution in [0.2, 0.25) is 0 Å². The Morgan fingerprint density at radius 2 is 1.76 bits per heavy atom. The predicted molar refractivity (Wildman–Crippen MR) is 85.2 cm³/mol. The molecule has 1 atom stereocenters. The van der Waals surface area contributed by atoms with Gasteiger partial charge in [-0.2, -0.15) is 0 Å². The predicted octanol–water partition coefficient (Wildman–Crippen LogP) is 1.64. The molecule has 2 rings (SSSR count). The summed E-state index contributed by atoms with van der Waals surface area (Å²) in [5.41, 5.74) is 12.7. The summed E-state index contributed by atoms with van der Waals surface area (Å²) in [4.78, 5) is 13.1. The molecule has 0 unspecified atom stereocenters. The Hall–Kier alpha value is -1.23. The number of benzene rings is 1. The van der Waals surface area contributed by atoms with Crippen molar-refractivity contribution < 1.29 is 9.28 Å².